The van der Waals surface area contributed by atoms with Gasteiger partial charge in [-0.15, -0.1) is 0 Å². The molecule has 0 aliphatic heterocycles. The minimum atomic E-state index is -0.981. The second-order valence-electron chi connectivity index (χ2n) is 17.1. The number of carboxylic acids is 2. The van der Waals surface area contributed by atoms with Crippen LogP contribution < -0.4 is 32.9 Å². The maximum atomic E-state index is 11.7. The Balaban J connectivity index is -0.000000139. The van der Waals surface area contributed by atoms with E-state index in [1.165, 1.54) is 166 Å². The molecule has 0 aromatic heterocycles. The van der Waals surface area contributed by atoms with Crippen LogP contribution in [0.4, 0.5) is 0 Å². The number of halogens is 1. The Morgan fingerprint density at radius 1 is 0.470 bits per heavy atom. The highest BCUT2D eigenvalue weighted by Crippen LogP contribution is 2.17. The monoisotopic (exact) mass is 1010 g/mol. The summed E-state index contributed by atoms with van der Waals surface area (Å²) in [6.07, 6.45) is 27.6. The molecule has 0 heterocycles. The maximum absolute atomic E-state index is 11.7. The molecule has 0 aliphatic carbocycles. The summed E-state index contributed by atoms with van der Waals surface area (Å²) in [4.78, 5) is 47.1. The summed E-state index contributed by atoms with van der Waals surface area (Å²) in [6.45, 7) is 36.1. The van der Waals surface area contributed by atoms with Crippen molar-refractivity contribution < 1.29 is 56.3 Å². The van der Waals surface area contributed by atoms with Gasteiger partial charge < -0.3 is 62.9 Å². The number of quaternary nitrogens is 1. The van der Waals surface area contributed by atoms with Crippen LogP contribution in [0.15, 0.2) is 12.7 Å². The number of unbranched alkanes of at least 4 members (excludes halogenated alkanes) is 11. The predicted octanol–water partition coefficient (Wildman–Crippen LogP) is 7.12. The van der Waals surface area contributed by atoms with Gasteiger partial charge in [0.15, 0.2) is 0 Å². The number of amides is 2. The van der Waals surface area contributed by atoms with Gasteiger partial charge in [0.2, 0.25) is 11.8 Å². The van der Waals surface area contributed by atoms with Gasteiger partial charge in [-0.25, -0.2) is 4.79 Å². The Labute approximate surface area is 419 Å². The quantitative estimate of drug-likeness (QED) is 0.0243. The molecule has 0 aromatic rings. The third kappa shape index (κ3) is 66.2. The third-order valence-corrected chi connectivity index (χ3v) is 11.0. The van der Waals surface area contributed by atoms with E-state index in [1.54, 1.807) is 14.1 Å². The number of rotatable bonds is 39. The van der Waals surface area contributed by atoms with Gasteiger partial charge in [0, 0.05) is 39.7 Å². The molecule has 0 spiro atoms. The van der Waals surface area contributed by atoms with Crippen LogP contribution in [0, 0.1) is 0 Å². The summed E-state index contributed by atoms with van der Waals surface area (Å²) in [5, 5.41) is 25.0. The van der Waals surface area contributed by atoms with Crippen LogP contribution in [0.5, 0.6) is 0 Å². The van der Waals surface area contributed by atoms with Crippen molar-refractivity contribution in [2.75, 3.05) is 92.6 Å². The van der Waals surface area contributed by atoms with E-state index in [2.05, 4.69) is 94.6 Å². The molecule has 0 aromatic carbocycles. The van der Waals surface area contributed by atoms with Crippen molar-refractivity contribution in [2.45, 2.75) is 210 Å². The van der Waals surface area contributed by atoms with E-state index in [9.17, 15) is 19.2 Å². The van der Waals surface area contributed by atoms with Crippen molar-refractivity contribution >= 4 is 23.8 Å². The van der Waals surface area contributed by atoms with Gasteiger partial charge in [-0.1, -0.05) is 133 Å². The lowest BCUT2D eigenvalue weighted by Gasteiger charge is -2.39. The normalized spacial score (nSPS) is 10.3. The lowest BCUT2D eigenvalue weighted by molar-refractivity contribution is -0.928. The van der Waals surface area contributed by atoms with Crippen LogP contribution in [0.1, 0.15) is 210 Å². The Morgan fingerprint density at radius 2 is 0.803 bits per heavy atom. The second-order valence-corrected chi connectivity index (χ2v) is 17.1. The summed E-state index contributed by atoms with van der Waals surface area (Å²) in [6, 6.07) is 0. The highest BCUT2D eigenvalue weighted by molar-refractivity contribution is 5.78. The fourth-order valence-electron chi connectivity index (χ4n) is 6.56. The predicted molar refractivity (Wildman–Crippen MR) is 280 cm³/mol. The average molecular weight is 1010 g/mol. The summed E-state index contributed by atoms with van der Waals surface area (Å²) in [5.74, 6) is -1.33. The molecule has 0 aliphatic rings. The Kier molecular flexibility index (Phi) is 76.9. The topological polar surface area (TPSA) is 183 Å². The molecule has 66 heavy (non-hydrogen) atoms. The molecule has 0 saturated carbocycles. The molecular weight excluding hydrogens is 901 g/mol. The Morgan fingerprint density at radius 3 is 1.12 bits per heavy atom. The van der Waals surface area contributed by atoms with Crippen LogP contribution in [0.2, 0.25) is 0 Å². The van der Waals surface area contributed by atoms with Crippen molar-refractivity contribution in [2.24, 2.45) is 0 Å². The van der Waals surface area contributed by atoms with Crippen LogP contribution in [0.3, 0.4) is 0 Å². The van der Waals surface area contributed by atoms with E-state index in [4.69, 9.17) is 10.2 Å². The Hall–Kier alpha value is -2.10. The summed E-state index contributed by atoms with van der Waals surface area (Å²) in [7, 11) is 3.45. The number of carboxylic acid groups (broad SMARTS) is 2. The molecule has 0 saturated heterocycles. The molecule has 13 nitrogen and oxygen atoms in total. The first kappa shape index (κ1) is 78.1. The smallest absolute Gasteiger partial charge is 0.327 e. The lowest BCUT2D eigenvalue weighted by atomic mass is 10.1. The summed E-state index contributed by atoms with van der Waals surface area (Å²) < 4.78 is 1.17. The van der Waals surface area contributed by atoms with Gasteiger partial charge in [-0.05, 0) is 103 Å². The highest BCUT2D eigenvalue weighted by Gasteiger charge is 2.26. The first-order valence-electron chi connectivity index (χ1n) is 26.3. The number of nitrogens with one attached hydrogen (secondary N) is 3. The van der Waals surface area contributed by atoms with Crippen LogP contribution in [-0.4, -0.2) is 146 Å². The van der Waals surface area contributed by atoms with Crippen LogP contribution >= 0.6 is 0 Å². The minimum Gasteiger partial charge on any atom is -1.00 e. The van der Waals surface area contributed by atoms with Crippen molar-refractivity contribution in [1.82, 2.24) is 25.8 Å². The van der Waals surface area contributed by atoms with Gasteiger partial charge in [-0.2, -0.15) is 0 Å². The highest BCUT2D eigenvalue weighted by atomic mass is 79.9. The lowest BCUT2D eigenvalue weighted by Crippen LogP contribution is -3.00. The average Bonchev–Trinajstić information content (AvgIpc) is 3.30. The maximum Gasteiger partial charge on any atom is 0.327 e. The summed E-state index contributed by atoms with van der Waals surface area (Å²) in [5.41, 5.74) is 0. The van der Waals surface area contributed by atoms with E-state index in [1.807, 2.05) is 0 Å². The van der Waals surface area contributed by atoms with Crippen LogP contribution in [0.25, 0.3) is 0 Å². The fraction of sp³-hybridized carbons (Fsp3) is 0.885. The van der Waals surface area contributed by atoms with Gasteiger partial charge in [-0.3, -0.25) is 14.4 Å². The van der Waals surface area contributed by atoms with Crippen molar-refractivity contribution in [3.8, 4) is 0 Å². The molecule has 0 atom stereocenters. The zero-order valence-electron chi connectivity index (χ0n) is 45.3. The van der Waals surface area contributed by atoms with Crippen molar-refractivity contribution in [1.29, 1.82) is 0 Å². The fourth-order valence-corrected chi connectivity index (χ4v) is 6.56. The number of hydrogen-bond donors (Lipinski definition) is 5. The van der Waals surface area contributed by atoms with Gasteiger partial charge in [0.25, 0.3) is 0 Å². The molecule has 7 N–H and O–H groups in total. The van der Waals surface area contributed by atoms with E-state index in [0.717, 1.165) is 45.3 Å². The molecule has 0 unspecified atom stereocenters. The molecule has 0 bridgehead atoms. The number of carbonyl (C=O) groups is 4. The molecule has 14 heteroatoms. The SMILES string of the molecule is C=CC(=O)O.CCCCCC[N+](CCCC)(CCCC)CCC(=O)NC.CCCCN(CCCC)CCC(=O)NC.CCCCN(CCCC)CCC(=O)O.CCCCNCCCC.O.[Br-]. The molecule has 0 radical (unpaired) electrons. The van der Waals surface area contributed by atoms with E-state index in [0.29, 0.717) is 19.4 Å². The largest absolute Gasteiger partial charge is 1.00 e. The third-order valence-electron chi connectivity index (χ3n) is 11.0. The first-order valence-corrected chi connectivity index (χ1v) is 26.3. The standard InChI is InChI=1S/C18H38N2O.C12H26N2O.C11H23NO2.C8H19N.C3H4O2.BrH.H2O/c1-5-8-11-12-16-20(14-9-6-2,15-10-7-3)17-13-18(21)19-4;1-4-6-9-14(10-7-5-2)11-8-12(15)13-3;1-3-5-8-12(9-6-4-2)10-7-11(13)14;1-3-5-7-9-8-6-4-2;1-2-3(4)5;;/h5-17H2,1-4H3;4-11H2,1-3H3,(H,13,15);3-10H2,1-2H3,(H,13,14);9H,3-8H2,1-2H3;2H,1H2,(H,4,5);1H;1H2. The van der Waals surface area contributed by atoms with Crippen molar-refractivity contribution in [3.63, 3.8) is 0 Å². The van der Waals surface area contributed by atoms with Gasteiger partial charge in [0.1, 0.15) is 0 Å². The van der Waals surface area contributed by atoms with Crippen LogP contribution in [-0.2, 0) is 19.2 Å². The van der Waals surface area contributed by atoms with Gasteiger partial charge >= 0.3 is 11.9 Å². The first-order chi connectivity index (χ1) is 30.8. The number of hydrogen-bond acceptors (Lipinski definition) is 7. The minimum absolute atomic E-state index is 0. The zero-order valence-corrected chi connectivity index (χ0v) is 46.9. The van der Waals surface area contributed by atoms with E-state index in [-0.39, 0.29) is 40.7 Å². The van der Waals surface area contributed by atoms with Gasteiger partial charge in [0.05, 0.1) is 39.0 Å². The molecule has 2 amide bonds. The number of carbonyl (C=O) groups excluding carboxylic acids is 2. The molecule has 0 rings (SSSR count). The summed E-state index contributed by atoms with van der Waals surface area (Å²) >= 11 is 0. The van der Waals surface area contributed by atoms with Crippen molar-refractivity contribution in [3.05, 3.63) is 12.7 Å². The molecule has 0 fully saturated rings. The molecule has 400 valence electrons. The second kappa shape index (κ2) is 65.0. The zero-order chi connectivity index (χ0) is 49.5. The number of nitrogens with zero attached hydrogens (tertiary/aromatic N) is 3. The molecular formula is C52H113BrN6O7. The number of aliphatic carboxylic acids is 2. The van der Waals surface area contributed by atoms with E-state index >= 15 is 0 Å². The Bertz CT molecular complexity index is 982. The van der Waals surface area contributed by atoms with E-state index < -0.39 is 11.9 Å².